The number of aromatic nitrogens is 2. The fraction of sp³-hybridized carbons (Fsp3) is 0.455. The van der Waals surface area contributed by atoms with Crippen LogP contribution in [0.25, 0.3) is 6.08 Å². The first-order valence-corrected chi connectivity index (χ1v) is 4.73. The zero-order valence-corrected chi connectivity index (χ0v) is 9.26. The number of nitrogens with one attached hydrogen (secondary N) is 1. The van der Waals surface area contributed by atoms with Crippen LogP contribution in [0.3, 0.4) is 0 Å². The van der Waals surface area contributed by atoms with Crippen molar-refractivity contribution < 1.29 is 0 Å². The normalized spacial score (nSPS) is 10.6. The number of rotatable bonds is 3. The predicted octanol–water partition coefficient (Wildman–Crippen LogP) is 2.40. The summed E-state index contributed by atoms with van der Waals surface area (Å²) >= 11 is 0. The smallest absolute Gasteiger partial charge is 0.110 e. The van der Waals surface area contributed by atoms with Crippen LogP contribution in [0.5, 0.6) is 0 Å². The number of imidazole rings is 1. The van der Waals surface area contributed by atoms with Crippen molar-refractivity contribution in [2.24, 2.45) is 13.0 Å². The molecule has 0 aliphatic rings. The van der Waals surface area contributed by atoms with Crippen molar-refractivity contribution in [1.82, 2.24) is 9.55 Å². The van der Waals surface area contributed by atoms with Crippen LogP contribution >= 0.6 is 0 Å². The van der Waals surface area contributed by atoms with Crippen molar-refractivity contribution in [2.75, 3.05) is 0 Å². The standard InChI is InChI=1S/C11H17N3/c1-6-9-11(10(12)7(2)3)13-8(4)14(9)5/h6-7,12H,1H2,2-5H3. The monoisotopic (exact) mass is 191 g/mol. The highest BCUT2D eigenvalue weighted by molar-refractivity contribution is 6.00. The van der Waals surface area contributed by atoms with Crippen molar-refractivity contribution in [3.63, 3.8) is 0 Å². The molecule has 0 saturated carbocycles. The van der Waals surface area contributed by atoms with E-state index in [2.05, 4.69) is 11.6 Å². The second kappa shape index (κ2) is 3.78. The van der Waals surface area contributed by atoms with Crippen LogP contribution < -0.4 is 0 Å². The van der Waals surface area contributed by atoms with E-state index in [0.29, 0.717) is 5.71 Å². The van der Waals surface area contributed by atoms with Gasteiger partial charge in [-0.05, 0) is 18.9 Å². The Morgan fingerprint density at radius 3 is 2.57 bits per heavy atom. The number of hydrogen-bond donors (Lipinski definition) is 1. The van der Waals surface area contributed by atoms with Gasteiger partial charge in [-0.1, -0.05) is 20.4 Å². The van der Waals surface area contributed by atoms with Gasteiger partial charge in [-0.15, -0.1) is 0 Å². The van der Waals surface area contributed by atoms with Crippen LogP contribution in [0.1, 0.15) is 31.1 Å². The molecular formula is C11H17N3. The first-order chi connectivity index (χ1) is 6.49. The highest BCUT2D eigenvalue weighted by atomic mass is 15.1. The molecule has 0 saturated heterocycles. The summed E-state index contributed by atoms with van der Waals surface area (Å²) in [5, 5.41) is 7.92. The van der Waals surface area contributed by atoms with Crippen molar-refractivity contribution in [3.05, 3.63) is 23.8 Å². The molecule has 1 rings (SSSR count). The van der Waals surface area contributed by atoms with Crippen LogP contribution in [-0.4, -0.2) is 15.3 Å². The topological polar surface area (TPSA) is 41.7 Å². The molecule has 0 amide bonds. The Bertz CT molecular complexity index is 372. The van der Waals surface area contributed by atoms with Gasteiger partial charge < -0.3 is 9.98 Å². The molecule has 3 heteroatoms. The molecule has 0 radical (unpaired) electrons. The van der Waals surface area contributed by atoms with E-state index >= 15 is 0 Å². The average molecular weight is 191 g/mol. The van der Waals surface area contributed by atoms with Crippen LogP contribution in [0.15, 0.2) is 6.58 Å². The summed E-state index contributed by atoms with van der Waals surface area (Å²) in [7, 11) is 1.94. The average Bonchev–Trinajstić information content (AvgIpc) is 2.41. The van der Waals surface area contributed by atoms with Gasteiger partial charge in [-0.2, -0.15) is 0 Å². The van der Waals surface area contributed by atoms with Crippen LogP contribution in [0, 0.1) is 18.3 Å². The van der Waals surface area contributed by atoms with E-state index in [9.17, 15) is 0 Å². The quantitative estimate of drug-likeness (QED) is 0.732. The maximum Gasteiger partial charge on any atom is 0.110 e. The molecule has 0 bridgehead atoms. The van der Waals surface area contributed by atoms with E-state index in [0.717, 1.165) is 17.2 Å². The van der Waals surface area contributed by atoms with Gasteiger partial charge in [0.1, 0.15) is 11.5 Å². The molecule has 0 spiro atoms. The molecule has 14 heavy (non-hydrogen) atoms. The fourth-order valence-electron chi connectivity index (χ4n) is 1.33. The lowest BCUT2D eigenvalue weighted by Gasteiger charge is -2.05. The number of aryl methyl sites for hydroxylation is 1. The lowest BCUT2D eigenvalue weighted by Crippen LogP contribution is -2.10. The minimum absolute atomic E-state index is 0.197. The van der Waals surface area contributed by atoms with Gasteiger partial charge in [0.25, 0.3) is 0 Å². The maximum atomic E-state index is 7.92. The second-order valence-electron chi connectivity index (χ2n) is 3.72. The van der Waals surface area contributed by atoms with Crippen LogP contribution in [0.4, 0.5) is 0 Å². The maximum absolute atomic E-state index is 7.92. The van der Waals surface area contributed by atoms with Crippen LogP contribution in [0.2, 0.25) is 0 Å². The molecule has 1 aromatic rings. The van der Waals surface area contributed by atoms with Crippen LogP contribution in [-0.2, 0) is 7.05 Å². The van der Waals surface area contributed by atoms with Gasteiger partial charge in [-0.3, -0.25) is 0 Å². The highest BCUT2D eigenvalue weighted by Gasteiger charge is 2.15. The summed E-state index contributed by atoms with van der Waals surface area (Å²) in [6, 6.07) is 0. The summed E-state index contributed by atoms with van der Waals surface area (Å²) in [4.78, 5) is 4.37. The summed E-state index contributed by atoms with van der Waals surface area (Å²) < 4.78 is 1.96. The van der Waals surface area contributed by atoms with Crippen molar-refractivity contribution >= 4 is 11.8 Å². The van der Waals surface area contributed by atoms with E-state index in [4.69, 9.17) is 5.41 Å². The van der Waals surface area contributed by atoms with E-state index in [-0.39, 0.29) is 5.92 Å². The molecule has 76 valence electrons. The zero-order valence-electron chi connectivity index (χ0n) is 9.26. The Labute approximate surface area is 85.0 Å². The molecule has 1 N–H and O–H groups in total. The summed E-state index contributed by atoms with van der Waals surface area (Å²) in [5.74, 6) is 1.11. The lowest BCUT2D eigenvalue weighted by molar-refractivity contribution is 0.849. The molecule has 1 aromatic heterocycles. The molecular weight excluding hydrogens is 174 g/mol. The first-order valence-electron chi connectivity index (χ1n) is 4.73. The van der Waals surface area contributed by atoms with Crippen molar-refractivity contribution in [1.29, 1.82) is 5.41 Å². The first kappa shape index (κ1) is 10.7. The Morgan fingerprint density at radius 1 is 1.57 bits per heavy atom. The molecule has 0 aliphatic carbocycles. The van der Waals surface area contributed by atoms with E-state index in [1.165, 1.54) is 0 Å². The largest absolute Gasteiger partial charge is 0.331 e. The molecule has 0 fully saturated rings. The third-order valence-corrected chi connectivity index (χ3v) is 2.39. The molecule has 0 aromatic carbocycles. The Kier molecular flexibility index (Phi) is 2.89. The van der Waals surface area contributed by atoms with E-state index in [1.54, 1.807) is 6.08 Å². The minimum Gasteiger partial charge on any atom is -0.331 e. The molecule has 3 nitrogen and oxygen atoms in total. The summed E-state index contributed by atoms with van der Waals surface area (Å²) in [6.45, 7) is 9.68. The molecule has 0 atom stereocenters. The number of nitrogens with zero attached hydrogens (tertiary/aromatic N) is 2. The van der Waals surface area contributed by atoms with Gasteiger partial charge in [0.05, 0.1) is 11.4 Å². The fourth-order valence-corrected chi connectivity index (χ4v) is 1.33. The van der Waals surface area contributed by atoms with E-state index < -0.39 is 0 Å². The summed E-state index contributed by atoms with van der Waals surface area (Å²) in [5.41, 5.74) is 2.26. The third-order valence-electron chi connectivity index (χ3n) is 2.39. The number of hydrogen-bond acceptors (Lipinski definition) is 2. The third kappa shape index (κ3) is 1.62. The minimum atomic E-state index is 0.197. The van der Waals surface area contributed by atoms with E-state index in [1.807, 2.05) is 32.4 Å². The summed E-state index contributed by atoms with van der Waals surface area (Å²) in [6.07, 6.45) is 1.76. The van der Waals surface area contributed by atoms with Gasteiger partial charge in [0.15, 0.2) is 0 Å². The Morgan fingerprint density at radius 2 is 2.14 bits per heavy atom. The van der Waals surface area contributed by atoms with Gasteiger partial charge in [0.2, 0.25) is 0 Å². The van der Waals surface area contributed by atoms with Gasteiger partial charge in [0, 0.05) is 7.05 Å². The van der Waals surface area contributed by atoms with Crippen molar-refractivity contribution in [2.45, 2.75) is 20.8 Å². The predicted molar refractivity (Wildman–Crippen MR) is 59.7 cm³/mol. The van der Waals surface area contributed by atoms with Gasteiger partial charge in [-0.25, -0.2) is 4.98 Å². The lowest BCUT2D eigenvalue weighted by atomic mass is 10.0. The molecule has 0 unspecified atom stereocenters. The Hall–Kier alpha value is -1.38. The van der Waals surface area contributed by atoms with Crippen molar-refractivity contribution in [3.8, 4) is 0 Å². The molecule has 0 aliphatic heterocycles. The zero-order chi connectivity index (χ0) is 10.9. The Balaban J connectivity index is 3.28. The van der Waals surface area contributed by atoms with Gasteiger partial charge >= 0.3 is 0 Å². The highest BCUT2D eigenvalue weighted by Crippen LogP contribution is 2.15. The molecule has 1 heterocycles. The SMILES string of the molecule is C=Cc1c(C(=N)C(C)C)nc(C)n1C. The second-order valence-corrected chi connectivity index (χ2v) is 3.72.